The number of hydrogen-bond acceptors (Lipinski definition) is 4. The first-order chi connectivity index (χ1) is 8.50. The molecule has 0 unspecified atom stereocenters. The van der Waals surface area contributed by atoms with Crippen LogP contribution in [0.3, 0.4) is 0 Å². The van der Waals surface area contributed by atoms with Crippen molar-refractivity contribution in [3.05, 3.63) is 0 Å². The maximum Gasteiger partial charge on any atom is 0.240 e. The molecular weight excluding hydrogens is 347 g/mol. The molecule has 3 atom stereocenters. The van der Waals surface area contributed by atoms with Gasteiger partial charge in [-0.2, -0.15) is 0 Å². The van der Waals surface area contributed by atoms with E-state index < -0.39 is 0 Å². The Hall–Kier alpha value is -0.500. The Bertz CT molecular complexity index is 386. The lowest BCUT2D eigenvalue weighted by molar-refractivity contribution is -0.136. The van der Waals surface area contributed by atoms with Gasteiger partial charge in [-0.3, -0.25) is 19.7 Å². The van der Waals surface area contributed by atoms with Crippen LogP contribution in [-0.2, 0) is 14.4 Å². The molecule has 2 aliphatic rings. The highest BCUT2D eigenvalue weighted by molar-refractivity contribution is 14.1. The molecular formula is C12H17IN2O3. The van der Waals surface area contributed by atoms with Crippen LogP contribution in [0.25, 0.3) is 0 Å². The first kappa shape index (κ1) is 13.9. The van der Waals surface area contributed by atoms with Gasteiger partial charge in [0.15, 0.2) is 0 Å². The van der Waals surface area contributed by atoms with E-state index in [1.54, 1.807) is 27.5 Å². The second-order valence-electron chi connectivity index (χ2n) is 4.95. The summed E-state index contributed by atoms with van der Waals surface area (Å²) in [6.45, 7) is 2.19. The number of halogens is 1. The van der Waals surface area contributed by atoms with E-state index in [1.807, 2.05) is 0 Å². The summed E-state index contributed by atoms with van der Waals surface area (Å²) >= 11 is 1.76. The number of Topliss-reactive ketones (excluding diaryl/α,β-unsaturated/α-hetero) is 1. The highest BCUT2D eigenvalue weighted by atomic mass is 127. The first-order valence-corrected chi connectivity index (χ1v) is 7.35. The largest absolute Gasteiger partial charge is 0.330 e. The average Bonchev–Trinajstić information content (AvgIpc) is 2.97. The number of carbonyl (C=O) groups is 3. The van der Waals surface area contributed by atoms with E-state index in [4.69, 9.17) is 0 Å². The SMILES string of the molecule is CC(=O)[C@@H]1CC[C@H](C(=O)N2CCC[C@H]2C(=O)I)N1. The van der Waals surface area contributed by atoms with Crippen LogP contribution in [-0.4, -0.2) is 45.1 Å². The number of nitrogens with one attached hydrogen (secondary N) is 1. The average molecular weight is 364 g/mol. The maximum absolute atomic E-state index is 12.3. The second-order valence-corrected chi connectivity index (χ2v) is 6.02. The number of likely N-dealkylation sites (tertiary alicyclic amines) is 1. The molecule has 0 aromatic carbocycles. The fraction of sp³-hybridized carbons (Fsp3) is 0.750. The minimum absolute atomic E-state index is 0.0220. The Morgan fingerprint density at radius 2 is 1.83 bits per heavy atom. The van der Waals surface area contributed by atoms with Crippen LogP contribution >= 0.6 is 22.6 Å². The zero-order valence-corrected chi connectivity index (χ0v) is 12.5. The van der Waals surface area contributed by atoms with Crippen LogP contribution in [0.1, 0.15) is 32.6 Å². The molecule has 1 amide bonds. The van der Waals surface area contributed by atoms with E-state index in [0.717, 1.165) is 12.8 Å². The predicted molar refractivity (Wildman–Crippen MR) is 74.4 cm³/mol. The first-order valence-electron chi connectivity index (χ1n) is 6.27. The molecule has 0 spiro atoms. The van der Waals surface area contributed by atoms with Crippen LogP contribution in [0.5, 0.6) is 0 Å². The summed E-state index contributed by atoms with van der Waals surface area (Å²) in [4.78, 5) is 36.7. The third-order valence-corrected chi connectivity index (χ3v) is 4.45. The molecule has 0 aromatic rings. The van der Waals surface area contributed by atoms with Gasteiger partial charge in [0.05, 0.1) is 12.1 Å². The summed E-state index contributed by atoms with van der Waals surface area (Å²) in [6.07, 6.45) is 3.04. The zero-order chi connectivity index (χ0) is 13.3. The molecule has 2 saturated heterocycles. The quantitative estimate of drug-likeness (QED) is 0.590. The molecule has 0 radical (unpaired) electrons. The molecule has 18 heavy (non-hydrogen) atoms. The Morgan fingerprint density at radius 3 is 2.39 bits per heavy atom. The van der Waals surface area contributed by atoms with Crippen molar-refractivity contribution in [1.29, 1.82) is 0 Å². The Kier molecular flexibility index (Phi) is 4.37. The van der Waals surface area contributed by atoms with Gasteiger partial charge in [-0.15, -0.1) is 0 Å². The molecule has 0 bridgehead atoms. The zero-order valence-electron chi connectivity index (χ0n) is 10.3. The lowest BCUT2D eigenvalue weighted by Crippen LogP contribution is -2.49. The van der Waals surface area contributed by atoms with Gasteiger partial charge in [0, 0.05) is 29.1 Å². The normalized spacial score (nSPS) is 31.7. The number of rotatable bonds is 3. The van der Waals surface area contributed by atoms with Crippen LogP contribution in [0.2, 0.25) is 0 Å². The molecule has 6 heteroatoms. The van der Waals surface area contributed by atoms with Gasteiger partial charge >= 0.3 is 0 Å². The van der Waals surface area contributed by atoms with E-state index in [9.17, 15) is 14.4 Å². The third kappa shape index (κ3) is 2.74. The number of nitrogens with zero attached hydrogens (tertiary/aromatic N) is 1. The van der Waals surface area contributed by atoms with E-state index in [1.165, 1.54) is 6.92 Å². The van der Waals surface area contributed by atoms with Crippen molar-refractivity contribution in [3.8, 4) is 0 Å². The molecule has 0 aromatic heterocycles. The van der Waals surface area contributed by atoms with Crippen molar-refractivity contribution in [2.24, 2.45) is 0 Å². The minimum atomic E-state index is -0.296. The molecule has 2 aliphatic heterocycles. The number of ketones is 1. The minimum Gasteiger partial charge on any atom is -0.330 e. The van der Waals surface area contributed by atoms with Crippen LogP contribution in [0, 0.1) is 0 Å². The topological polar surface area (TPSA) is 66.5 Å². The molecule has 5 nitrogen and oxygen atoms in total. The Balaban J connectivity index is 2.00. The van der Waals surface area contributed by atoms with Gasteiger partial charge in [-0.1, -0.05) is 0 Å². The fourth-order valence-electron chi connectivity index (χ4n) is 2.72. The standard InChI is InChI=1S/C12H17IN2O3/c1-7(16)8-4-5-9(14-8)12(18)15-6-2-3-10(15)11(13)17/h8-10,14H,2-6H2,1H3/t8-,9+,10-/m0/s1. The number of hydrogen-bond donors (Lipinski definition) is 1. The lowest BCUT2D eigenvalue weighted by Gasteiger charge is -2.25. The van der Waals surface area contributed by atoms with E-state index in [0.29, 0.717) is 19.4 Å². The van der Waals surface area contributed by atoms with E-state index in [2.05, 4.69) is 5.32 Å². The van der Waals surface area contributed by atoms with Crippen molar-refractivity contribution in [1.82, 2.24) is 10.2 Å². The summed E-state index contributed by atoms with van der Waals surface area (Å²) in [5.41, 5.74) is 0. The highest BCUT2D eigenvalue weighted by Crippen LogP contribution is 2.24. The predicted octanol–water partition coefficient (Wildman–Crippen LogP) is 0.649. The summed E-state index contributed by atoms with van der Waals surface area (Å²) in [7, 11) is 0. The van der Waals surface area contributed by atoms with Gasteiger partial charge in [-0.05, 0) is 32.6 Å². The van der Waals surface area contributed by atoms with Crippen molar-refractivity contribution in [2.75, 3.05) is 6.54 Å². The maximum atomic E-state index is 12.3. The molecule has 0 aliphatic carbocycles. The van der Waals surface area contributed by atoms with Crippen molar-refractivity contribution in [2.45, 2.75) is 50.7 Å². The van der Waals surface area contributed by atoms with Crippen LogP contribution in [0.4, 0.5) is 0 Å². The van der Waals surface area contributed by atoms with E-state index in [-0.39, 0.29) is 33.6 Å². The molecule has 2 heterocycles. The third-order valence-electron chi connectivity index (χ3n) is 3.73. The van der Waals surface area contributed by atoms with Gasteiger partial charge in [0.2, 0.25) is 9.70 Å². The second kappa shape index (κ2) is 5.64. The van der Waals surface area contributed by atoms with E-state index >= 15 is 0 Å². The smallest absolute Gasteiger partial charge is 0.240 e. The van der Waals surface area contributed by atoms with Crippen molar-refractivity contribution in [3.63, 3.8) is 0 Å². The molecule has 100 valence electrons. The van der Waals surface area contributed by atoms with Crippen molar-refractivity contribution >= 4 is 38.1 Å². The summed E-state index contributed by atoms with van der Waals surface area (Å²) in [5, 5.41) is 3.07. The van der Waals surface area contributed by atoms with Gasteiger partial charge < -0.3 is 4.90 Å². The molecule has 2 rings (SSSR count). The Morgan fingerprint density at radius 1 is 1.17 bits per heavy atom. The molecule has 0 saturated carbocycles. The summed E-state index contributed by atoms with van der Waals surface area (Å²) in [5.74, 6) is 0.0551. The summed E-state index contributed by atoms with van der Waals surface area (Å²) < 4.78 is 0.0274. The number of amides is 1. The highest BCUT2D eigenvalue weighted by Gasteiger charge is 2.39. The summed E-state index contributed by atoms with van der Waals surface area (Å²) in [6, 6.07) is -0.762. The van der Waals surface area contributed by atoms with Crippen molar-refractivity contribution < 1.29 is 14.4 Å². The fourth-order valence-corrected chi connectivity index (χ4v) is 3.37. The lowest BCUT2D eigenvalue weighted by atomic mass is 10.1. The Labute approximate surface area is 120 Å². The van der Waals surface area contributed by atoms with Gasteiger partial charge in [0.25, 0.3) is 0 Å². The van der Waals surface area contributed by atoms with Crippen LogP contribution in [0.15, 0.2) is 0 Å². The van der Waals surface area contributed by atoms with Gasteiger partial charge in [0.1, 0.15) is 11.8 Å². The number of carbonyl (C=O) groups excluding carboxylic acids is 3. The molecule has 1 N–H and O–H groups in total. The van der Waals surface area contributed by atoms with Gasteiger partial charge in [-0.25, -0.2) is 0 Å². The molecule has 2 fully saturated rings. The van der Waals surface area contributed by atoms with Crippen LogP contribution < -0.4 is 5.32 Å². The monoisotopic (exact) mass is 364 g/mol.